The highest BCUT2D eigenvalue weighted by atomic mass is 15.2. The van der Waals surface area contributed by atoms with Gasteiger partial charge in [-0.3, -0.25) is 9.80 Å². The van der Waals surface area contributed by atoms with Gasteiger partial charge >= 0.3 is 0 Å². The van der Waals surface area contributed by atoms with E-state index >= 15 is 0 Å². The van der Waals surface area contributed by atoms with E-state index < -0.39 is 0 Å². The Kier molecular flexibility index (Phi) is 2.55. The molecule has 0 aliphatic carbocycles. The first-order valence-electron chi connectivity index (χ1n) is 7.56. The number of fused-ring (bicyclic) bond motifs is 6. The highest BCUT2D eigenvalue weighted by molar-refractivity contribution is 5.09. The van der Waals surface area contributed by atoms with Gasteiger partial charge in [-0.25, -0.2) is 0 Å². The fourth-order valence-electron chi connectivity index (χ4n) is 4.86. The van der Waals surface area contributed by atoms with Crippen molar-refractivity contribution in [1.29, 1.82) is 0 Å². The van der Waals surface area contributed by atoms with Gasteiger partial charge in [-0.1, -0.05) is 18.6 Å². The van der Waals surface area contributed by atoms with Crippen molar-refractivity contribution in [1.82, 2.24) is 9.80 Å². The van der Waals surface area contributed by atoms with Crippen LogP contribution in [0.5, 0.6) is 0 Å². The summed E-state index contributed by atoms with van der Waals surface area (Å²) >= 11 is 0. The molecular weight excluding hydrogens is 208 g/mol. The summed E-state index contributed by atoms with van der Waals surface area (Å²) in [5.41, 5.74) is 0. The Morgan fingerprint density at radius 2 is 1.88 bits per heavy atom. The Morgan fingerprint density at radius 3 is 2.88 bits per heavy atom. The first-order valence-corrected chi connectivity index (χ1v) is 7.56. The summed E-state index contributed by atoms with van der Waals surface area (Å²) < 4.78 is 0. The van der Waals surface area contributed by atoms with Crippen molar-refractivity contribution in [2.45, 2.75) is 44.2 Å². The minimum Gasteiger partial charge on any atom is -0.300 e. The van der Waals surface area contributed by atoms with E-state index in [-0.39, 0.29) is 0 Å². The van der Waals surface area contributed by atoms with Crippen LogP contribution in [0.4, 0.5) is 0 Å². The lowest BCUT2D eigenvalue weighted by atomic mass is 9.72. The maximum absolute atomic E-state index is 2.84. The van der Waals surface area contributed by atoms with Crippen LogP contribution in [0.3, 0.4) is 0 Å². The highest BCUT2D eigenvalue weighted by Gasteiger charge is 2.45. The molecule has 0 spiro atoms. The third-order valence-corrected chi connectivity index (χ3v) is 5.57. The molecule has 0 aromatic carbocycles. The van der Waals surface area contributed by atoms with E-state index in [4.69, 9.17) is 0 Å². The number of hydrogen-bond acceptors (Lipinski definition) is 2. The molecular formula is C15H24N2. The number of rotatable bonds is 0. The molecule has 2 nitrogen and oxygen atoms in total. The lowest BCUT2D eigenvalue weighted by molar-refractivity contribution is -0.0504. The van der Waals surface area contributed by atoms with Gasteiger partial charge in [-0.15, -0.1) is 0 Å². The minimum absolute atomic E-state index is 0.780. The van der Waals surface area contributed by atoms with E-state index in [2.05, 4.69) is 22.0 Å². The zero-order valence-electron chi connectivity index (χ0n) is 10.7. The van der Waals surface area contributed by atoms with Gasteiger partial charge in [0.2, 0.25) is 0 Å². The van der Waals surface area contributed by atoms with Crippen LogP contribution in [-0.2, 0) is 0 Å². The summed E-state index contributed by atoms with van der Waals surface area (Å²) in [4.78, 5) is 5.62. The van der Waals surface area contributed by atoms with Crippen LogP contribution in [0.25, 0.3) is 0 Å². The average molecular weight is 232 g/mol. The summed E-state index contributed by atoms with van der Waals surface area (Å²) in [7, 11) is 0. The molecule has 0 amide bonds. The molecule has 2 heteroatoms. The molecule has 4 aliphatic rings. The topological polar surface area (TPSA) is 6.48 Å². The van der Waals surface area contributed by atoms with Crippen molar-refractivity contribution in [3.8, 4) is 0 Å². The van der Waals surface area contributed by atoms with E-state index in [0.717, 1.165) is 23.9 Å². The van der Waals surface area contributed by atoms with Gasteiger partial charge in [0.05, 0.1) is 0 Å². The molecule has 2 bridgehead atoms. The largest absolute Gasteiger partial charge is 0.300 e. The molecule has 0 aromatic heterocycles. The molecule has 94 valence electrons. The van der Waals surface area contributed by atoms with Crippen LogP contribution in [0.1, 0.15) is 32.1 Å². The van der Waals surface area contributed by atoms with Gasteiger partial charge in [0.25, 0.3) is 0 Å². The first kappa shape index (κ1) is 10.6. The highest BCUT2D eigenvalue weighted by Crippen LogP contribution is 2.41. The van der Waals surface area contributed by atoms with Gasteiger partial charge in [0.15, 0.2) is 0 Å². The lowest BCUT2D eigenvalue weighted by Crippen LogP contribution is -2.62. The predicted octanol–water partition coefficient (Wildman–Crippen LogP) is 2.12. The smallest absolute Gasteiger partial charge is 0.0319 e. The minimum atomic E-state index is 0.780. The SMILES string of the molecule is C1=C[C@@H]2[C@@H]3C[C@@H](CN2CC1)[C@@H]1CCCCN1C3. The van der Waals surface area contributed by atoms with E-state index in [0.29, 0.717) is 0 Å². The fourth-order valence-corrected chi connectivity index (χ4v) is 4.86. The standard InChI is InChI=1S/C15H24N2/c1-3-7-16-11-13-9-12(14(16)5-1)10-17-8-4-2-6-15(13)17/h1,5,12-15H,2-4,6-11H2/t12-,13+,14-,15+/m1/s1. The Hall–Kier alpha value is -0.340. The second kappa shape index (κ2) is 4.10. The van der Waals surface area contributed by atoms with Crippen molar-refractivity contribution >= 4 is 0 Å². The number of hydrogen-bond donors (Lipinski definition) is 0. The molecule has 4 rings (SSSR count). The van der Waals surface area contributed by atoms with E-state index in [1.54, 1.807) is 0 Å². The van der Waals surface area contributed by atoms with Gasteiger partial charge in [0, 0.05) is 31.7 Å². The zero-order valence-corrected chi connectivity index (χ0v) is 10.7. The van der Waals surface area contributed by atoms with Crippen molar-refractivity contribution in [3.05, 3.63) is 12.2 Å². The maximum atomic E-state index is 2.84. The van der Waals surface area contributed by atoms with Crippen LogP contribution in [0.2, 0.25) is 0 Å². The lowest BCUT2D eigenvalue weighted by Gasteiger charge is -2.56. The molecule has 3 saturated heterocycles. The summed E-state index contributed by atoms with van der Waals surface area (Å²) in [6, 6.07) is 1.72. The number of nitrogens with zero attached hydrogens (tertiary/aromatic N) is 2. The van der Waals surface area contributed by atoms with Crippen LogP contribution in [0.15, 0.2) is 12.2 Å². The molecule has 0 unspecified atom stereocenters. The fraction of sp³-hybridized carbons (Fsp3) is 0.867. The third-order valence-electron chi connectivity index (χ3n) is 5.57. The molecule has 0 N–H and O–H groups in total. The maximum Gasteiger partial charge on any atom is 0.0319 e. The number of piperidine rings is 3. The monoisotopic (exact) mass is 232 g/mol. The molecule has 4 atom stereocenters. The Bertz CT molecular complexity index is 325. The quantitative estimate of drug-likeness (QED) is 0.590. The second-order valence-electron chi connectivity index (χ2n) is 6.52. The van der Waals surface area contributed by atoms with Crippen molar-refractivity contribution in [2.75, 3.05) is 26.2 Å². The van der Waals surface area contributed by atoms with Gasteiger partial charge < -0.3 is 0 Å². The molecule has 4 heterocycles. The summed E-state index contributed by atoms with van der Waals surface area (Å²) in [6.07, 6.45) is 12.1. The molecule has 0 radical (unpaired) electrons. The molecule has 0 saturated carbocycles. The summed E-state index contributed by atoms with van der Waals surface area (Å²) in [5, 5.41) is 0. The van der Waals surface area contributed by atoms with Crippen molar-refractivity contribution < 1.29 is 0 Å². The van der Waals surface area contributed by atoms with Crippen molar-refractivity contribution in [3.63, 3.8) is 0 Å². The average Bonchev–Trinajstić information content (AvgIpc) is 2.39. The van der Waals surface area contributed by atoms with Crippen LogP contribution in [-0.4, -0.2) is 48.1 Å². The Labute approximate surface area is 105 Å². The second-order valence-corrected chi connectivity index (χ2v) is 6.52. The summed E-state index contributed by atoms with van der Waals surface area (Å²) in [6.45, 7) is 5.47. The summed E-state index contributed by atoms with van der Waals surface area (Å²) in [5.74, 6) is 1.91. The predicted molar refractivity (Wildman–Crippen MR) is 69.9 cm³/mol. The van der Waals surface area contributed by atoms with Crippen LogP contribution < -0.4 is 0 Å². The van der Waals surface area contributed by atoms with Gasteiger partial charge in [0.1, 0.15) is 0 Å². The van der Waals surface area contributed by atoms with Gasteiger partial charge in [-0.2, -0.15) is 0 Å². The first-order chi connectivity index (χ1) is 8.42. The Morgan fingerprint density at radius 1 is 0.941 bits per heavy atom. The van der Waals surface area contributed by atoms with Crippen molar-refractivity contribution in [2.24, 2.45) is 11.8 Å². The van der Waals surface area contributed by atoms with E-state index in [1.807, 2.05) is 0 Å². The van der Waals surface area contributed by atoms with Crippen LogP contribution in [0, 0.1) is 11.8 Å². The molecule has 0 aromatic rings. The molecule has 4 aliphatic heterocycles. The molecule has 3 fully saturated rings. The van der Waals surface area contributed by atoms with E-state index in [9.17, 15) is 0 Å². The normalized spacial score (nSPS) is 46.4. The van der Waals surface area contributed by atoms with Gasteiger partial charge in [-0.05, 0) is 44.1 Å². The van der Waals surface area contributed by atoms with E-state index in [1.165, 1.54) is 58.3 Å². The Balaban J connectivity index is 1.60. The molecule has 17 heavy (non-hydrogen) atoms. The zero-order chi connectivity index (χ0) is 11.2. The van der Waals surface area contributed by atoms with Crippen LogP contribution >= 0.6 is 0 Å². The third kappa shape index (κ3) is 1.68.